The van der Waals surface area contributed by atoms with Crippen molar-refractivity contribution in [2.75, 3.05) is 7.11 Å². The third-order valence-electron chi connectivity index (χ3n) is 4.03. The molecule has 0 aliphatic rings. The van der Waals surface area contributed by atoms with Gasteiger partial charge in [-0.1, -0.05) is 31.1 Å². The molecule has 0 atom stereocenters. The van der Waals surface area contributed by atoms with Gasteiger partial charge in [0, 0.05) is 18.7 Å². The van der Waals surface area contributed by atoms with Gasteiger partial charge in [-0.05, 0) is 11.8 Å². The summed E-state index contributed by atoms with van der Waals surface area (Å²) >= 11 is 0. The van der Waals surface area contributed by atoms with Gasteiger partial charge in [0.15, 0.2) is 11.4 Å². The van der Waals surface area contributed by atoms with E-state index in [1.54, 1.807) is 22.4 Å². The van der Waals surface area contributed by atoms with E-state index in [1.165, 1.54) is 6.26 Å². The van der Waals surface area contributed by atoms with Gasteiger partial charge in [-0.25, -0.2) is 0 Å². The molecule has 0 amide bonds. The van der Waals surface area contributed by atoms with E-state index >= 15 is 0 Å². The average molecular weight is 368 g/mol. The Hall–Kier alpha value is -3.30. The molecule has 0 N–H and O–H groups in total. The number of hydrogen-bond acceptors (Lipinski definition) is 8. The quantitative estimate of drug-likeness (QED) is 0.539. The summed E-state index contributed by atoms with van der Waals surface area (Å²) in [6, 6.07) is 1.70. The van der Waals surface area contributed by atoms with Gasteiger partial charge in [0.25, 0.3) is 0 Å². The summed E-state index contributed by atoms with van der Waals surface area (Å²) in [5.41, 5.74) is 3.29. The molecule has 4 aromatic rings. The summed E-state index contributed by atoms with van der Waals surface area (Å²) in [6.07, 6.45) is 4.02. The number of methoxy groups -OCH3 is 1. The second-order valence-corrected chi connectivity index (χ2v) is 7.52. The normalized spacial score (nSPS) is 12.0. The van der Waals surface area contributed by atoms with E-state index in [0.29, 0.717) is 34.3 Å². The molecule has 4 heterocycles. The van der Waals surface area contributed by atoms with Crippen molar-refractivity contribution in [3.8, 4) is 28.7 Å². The largest absolute Gasteiger partial charge is 0.492 e. The van der Waals surface area contributed by atoms with E-state index < -0.39 is 0 Å². The summed E-state index contributed by atoms with van der Waals surface area (Å²) < 4.78 is 13.9. The lowest BCUT2D eigenvalue weighted by Crippen LogP contribution is -2.14. The molecule has 0 saturated carbocycles. The Morgan fingerprint density at radius 3 is 2.56 bits per heavy atom. The monoisotopic (exact) mass is 368 g/mol. The van der Waals surface area contributed by atoms with Crippen molar-refractivity contribution < 1.29 is 9.26 Å². The zero-order chi connectivity index (χ0) is 19.2. The maximum Gasteiger partial charge on any atom is 0.220 e. The SMILES string of the molecule is COc1c(CC(C)(C)C)c(-c2cn(C)nn2)nn2c(-c3ccon3)nnc12. The molecular weight excluding hydrogens is 348 g/mol. The predicted octanol–water partition coefficient (Wildman–Crippen LogP) is 2.17. The highest BCUT2D eigenvalue weighted by molar-refractivity contribution is 5.70. The Kier molecular flexibility index (Phi) is 3.90. The fraction of sp³-hybridized carbons (Fsp3) is 0.412. The van der Waals surface area contributed by atoms with Crippen molar-refractivity contribution in [3.05, 3.63) is 24.1 Å². The van der Waals surface area contributed by atoms with Crippen LogP contribution in [0.5, 0.6) is 5.75 Å². The van der Waals surface area contributed by atoms with Crippen LogP contribution in [0.3, 0.4) is 0 Å². The maximum atomic E-state index is 5.74. The van der Waals surface area contributed by atoms with Gasteiger partial charge in [-0.15, -0.1) is 15.3 Å². The van der Waals surface area contributed by atoms with E-state index in [2.05, 4.69) is 46.4 Å². The van der Waals surface area contributed by atoms with Crippen LogP contribution in [0.2, 0.25) is 0 Å². The Morgan fingerprint density at radius 1 is 1.15 bits per heavy atom. The van der Waals surface area contributed by atoms with Crippen molar-refractivity contribution in [3.63, 3.8) is 0 Å². The zero-order valence-electron chi connectivity index (χ0n) is 15.8. The zero-order valence-corrected chi connectivity index (χ0v) is 15.8. The van der Waals surface area contributed by atoms with Crippen molar-refractivity contribution in [1.29, 1.82) is 0 Å². The number of ether oxygens (including phenoxy) is 1. The van der Waals surface area contributed by atoms with Crippen LogP contribution < -0.4 is 4.74 Å². The maximum absolute atomic E-state index is 5.74. The van der Waals surface area contributed by atoms with Gasteiger partial charge >= 0.3 is 0 Å². The lowest BCUT2D eigenvalue weighted by molar-refractivity contribution is 0.379. The first-order valence-electron chi connectivity index (χ1n) is 8.47. The summed E-state index contributed by atoms with van der Waals surface area (Å²) in [5.74, 6) is 1.08. The Balaban J connectivity index is 2.04. The molecular formula is C17H20N8O2. The van der Waals surface area contributed by atoms with Crippen molar-refractivity contribution in [2.45, 2.75) is 27.2 Å². The van der Waals surface area contributed by atoms with Crippen LogP contribution in [-0.4, -0.2) is 47.1 Å². The van der Waals surface area contributed by atoms with Gasteiger partial charge in [-0.3, -0.25) is 4.68 Å². The first-order chi connectivity index (χ1) is 12.9. The van der Waals surface area contributed by atoms with Gasteiger partial charge < -0.3 is 9.26 Å². The van der Waals surface area contributed by atoms with Crippen LogP contribution in [0.1, 0.15) is 26.3 Å². The van der Waals surface area contributed by atoms with E-state index in [0.717, 1.165) is 12.0 Å². The molecule has 0 bridgehead atoms. The minimum Gasteiger partial charge on any atom is -0.492 e. The van der Waals surface area contributed by atoms with Gasteiger partial charge in [0.2, 0.25) is 11.5 Å². The Bertz CT molecular complexity index is 1090. The number of nitrogens with zero attached hydrogens (tertiary/aromatic N) is 8. The topological polar surface area (TPSA) is 109 Å². The Morgan fingerprint density at radius 2 is 1.96 bits per heavy atom. The molecule has 0 aromatic carbocycles. The molecule has 0 saturated heterocycles. The second-order valence-electron chi connectivity index (χ2n) is 7.52. The molecule has 0 aliphatic carbocycles. The molecule has 4 rings (SSSR count). The third-order valence-corrected chi connectivity index (χ3v) is 4.03. The minimum absolute atomic E-state index is 0.000767. The molecule has 0 aliphatic heterocycles. The van der Waals surface area contributed by atoms with Gasteiger partial charge in [0.05, 0.1) is 13.3 Å². The van der Waals surface area contributed by atoms with E-state index in [9.17, 15) is 0 Å². The highest BCUT2D eigenvalue weighted by Gasteiger charge is 2.27. The lowest BCUT2D eigenvalue weighted by atomic mass is 9.87. The van der Waals surface area contributed by atoms with E-state index in [4.69, 9.17) is 14.4 Å². The van der Waals surface area contributed by atoms with Crippen molar-refractivity contribution in [1.82, 2.24) is 40.0 Å². The average Bonchev–Trinajstić information content (AvgIpc) is 3.32. The molecule has 0 radical (unpaired) electrons. The number of rotatable bonds is 4. The van der Waals surface area contributed by atoms with Crippen molar-refractivity contribution >= 4 is 5.65 Å². The highest BCUT2D eigenvalue weighted by Crippen LogP contribution is 2.36. The first-order valence-corrected chi connectivity index (χ1v) is 8.47. The fourth-order valence-electron chi connectivity index (χ4n) is 2.98. The predicted molar refractivity (Wildman–Crippen MR) is 96.0 cm³/mol. The standard InChI is InChI=1S/C17H20N8O2/c1-17(2,3)8-10-13(12-9-24(4)23-18-12)21-25-15(11-6-7-27-22-11)19-20-16(25)14(10)26-5/h6-7,9H,8H2,1-5H3. The number of hydrogen-bond donors (Lipinski definition) is 0. The van der Waals surface area contributed by atoms with E-state index in [1.807, 2.05) is 13.2 Å². The summed E-state index contributed by atoms with van der Waals surface area (Å²) in [7, 11) is 3.43. The van der Waals surface area contributed by atoms with Crippen LogP contribution in [0.4, 0.5) is 0 Å². The number of aromatic nitrogens is 8. The molecule has 140 valence electrons. The van der Waals surface area contributed by atoms with Crippen LogP contribution >= 0.6 is 0 Å². The molecule has 10 heteroatoms. The molecule has 0 fully saturated rings. The van der Waals surface area contributed by atoms with E-state index in [-0.39, 0.29) is 5.41 Å². The lowest BCUT2D eigenvalue weighted by Gasteiger charge is -2.21. The Labute approximate surface area is 155 Å². The van der Waals surface area contributed by atoms with Gasteiger partial charge in [0.1, 0.15) is 17.7 Å². The van der Waals surface area contributed by atoms with Crippen molar-refractivity contribution in [2.24, 2.45) is 12.5 Å². The van der Waals surface area contributed by atoms with Crippen LogP contribution in [0.15, 0.2) is 23.0 Å². The van der Waals surface area contributed by atoms with Gasteiger partial charge in [-0.2, -0.15) is 9.61 Å². The third kappa shape index (κ3) is 3.03. The molecule has 0 spiro atoms. The summed E-state index contributed by atoms with van der Waals surface area (Å²) in [5, 5.41) is 25.5. The molecule has 10 nitrogen and oxygen atoms in total. The second kappa shape index (κ2) is 6.15. The smallest absolute Gasteiger partial charge is 0.220 e. The molecule has 0 unspecified atom stereocenters. The molecule has 4 aromatic heterocycles. The fourth-order valence-corrected chi connectivity index (χ4v) is 2.98. The van der Waals surface area contributed by atoms with Crippen LogP contribution in [-0.2, 0) is 13.5 Å². The summed E-state index contributed by atoms with van der Waals surface area (Å²) in [4.78, 5) is 0. The number of aryl methyl sites for hydroxylation is 1. The first kappa shape index (κ1) is 17.1. The highest BCUT2D eigenvalue weighted by atomic mass is 16.5. The summed E-state index contributed by atoms with van der Waals surface area (Å²) in [6.45, 7) is 6.46. The van der Waals surface area contributed by atoms with Crippen LogP contribution in [0, 0.1) is 5.41 Å². The number of fused-ring (bicyclic) bond motifs is 1. The molecule has 27 heavy (non-hydrogen) atoms. The minimum atomic E-state index is -0.000767. The van der Waals surface area contributed by atoms with Crippen LogP contribution in [0.25, 0.3) is 28.6 Å².